The molecule has 0 spiro atoms. The second-order valence-corrected chi connectivity index (χ2v) is 5.24. The minimum Gasteiger partial charge on any atom is -0.465 e. The number of esters is 1. The number of carbonyl (C=O) groups is 2. The highest BCUT2D eigenvalue weighted by Crippen LogP contribution is 2.11. The Labute approximate surface area is 143 Å². The number of methoxy groups -OCH3 is 1. The zero-order valence-corrected chi connectivity index (χ0v) is 14.0. The van der Waals surface area contributed by atoms with E-state index in [-0.39, 0.29) is 5.56 Å². The maximum Gasteiger partial charge on any atom is 0.337 e. The van der Waals surface area contributed by atoms with E-state index in [1.807, 2.05) is 0 Å². The minimum absolute atomic E-state index is 0.197. The third-order valence-electron chi connectivity index (χ3n) is 3.44. The number of hydrogen-bond acceptors (Lipinski definition) is 5. The maximum atomic E-state index is 12.0. The molecule has 8 heteroatoms. The molecule has 0 fully saturated rings. The van der Waals surface area contributed by atoms with Crippen LogP contribution in [0.25, 0.3) is 6.08 Å². The Morgan fingerprint density at radius 2 is 1.92 bits per heavy atom. The number of nitrogens with one attached hydrogen (secondary N) is 1. The number of hydrogen-bond donors (Lipinski definition) is 1. The normalized spacial score (nSPS) is 10.7. The molecular formula is C17H17N3O5. The molecule has 0 saturated heterocycles. The summed E-state index contributed by atoms with van der Waals surface area (Å²) in [5, 5.41) is 2.58. The van der Waals surface area contributed by atoms with Crippen molar-refractivity contribution in [1.82, 2.24) is 9.13 Å². The lowest BCUT2D eigenvalue weighted by Crippen LogP contribution is -2.37. The van der Waals surface area contributed by atoms with Crippen LogP contribution in [-0.4, -0.2) is 28.1 Å². The van der Waals surface area contributed by atoms with Gasteiger partial charge in [-0.3, -0.25) is 14.2 Å². The average molecular weight is 343 g/mol. The summed E-state index contributed by atoms with van der Waals surface area (Å²) < 4.78 is 6.82. The quantitative estimate of drug-likeness (QED) is 0.645. The van der Waals surface area contributed by atoms with E-state index >= 15 is 0 Å². The van der Waals surface area contributed by atoms with Gasteiger partial charge in [-0.1, -0.05) is 6.07 Å². The summed E-state index contributed by atoms with van der Waals surface area (Å²) in [6, 6.07) is 6.26. The summed E-state index contributed by atoms with van der Waals surface area (Å²) in [5.74, 6) is -1.00. The Morgan fingerprint density at radius 3 is 2.60 bits per heavy atom. The van der Waals surface area contributed by atoms with Crippen molar-refractivity contribution in [2.75, 3.05) is 12.4 Å². The van der Waals surface area contributed by atoms with Gasteiger partial charge in [-0.25, -0.2) is 9.59 Å². The van der Waals surface area contributed by atoms with Gasteiger partial charge in [0.15, 0.2) is 0 Å². The van der Waals surface area contributed by atoms with E-state index in [9.17, 15) is 19.2 Å². The van der Waals surface area contributed by atoms with Crippen LogP contribution in [0.1, 0.15) is 15.9 Å². The average Bonchev–Trinajstić information content (AvgIpc) is 2.61. The molecule has 2 aromatic rings. The summed E-state index contributed by atoms with van der Waals surface area (Å²) in [4.78, 5) is 47.1. The van der Waals surface area contributed by atoms with Crippen LogP contribution in [0.2, 0.25) is 0 Å². The smallest absolute Gasteiger partial charge is 0.337 e. The zero-order valence-electron chi connectivity index (χ0n) is 14.0. The van der Waals surface area contributed by atoms with E-state index in [4.69, 9.17) is 0 Å². The fourth-order valence-electron chi connectivity index (χ4n) is 2.14. The first-order valence-corrected chi connectivity index (χ1v) is 7.27. The highest BCUT2D eigenvalue weighted by atomic mass is 16.5. The topological polar surface area (TPSA) is 99.4 Å². The lowest BCUT2D eigenvalue weighted by atomic mass is 10.2. The monoisotopic (exact) mass is 343 g/mol. The largest absolute Gasteiger partial charge is 0.465 e. The number of benzene rings is 1. The van der Waals surface area contributed by atoms with Crippen molar-refractivity contribution in [2.24, 2.45) is 14.1 Å². The van der Waals surface area contributed by atoms with Crippen LogP contribution in [-0.2, 0) is 23.6 Å². The third kappa shape index (κ3) is 4.11. The van der Waals surface area contributed by atoms with Gasteiger partial charge in [0.1, 0.15) is 0 Å². The number of aryl methyl sites for hydroxylation is 1. The molecule has 2 rings (SSSR count). The number of carbonyl (C=O) groups excluding carboxylic acids is 2. The highest BCUT2D eigenvalue weighted by Gasteiger charge is 2.07. The number of amides is 1. The molecule has 25 heavy (non-hydrogen) atoms. The molecule has 1 amide bonds. The molecule has 0 aliphatic rings. The number of anilines is 1. The minimum atomic E-state index is -0.514. The highest BCUT2D eigenvalue weighted by molar-refractivity contribution is 6.02. The van der Waals surface area contributed by atoms with E-state index in [2.05, 4.69) is 10.1 Å². The van der Waals surface area contributed by atoms with Crippen molar-refractivity contribution >= 4 is 23.6 Å². The Balaban J connectivity index is 2.19. The molecule has 0 saturated carbocycles. The van der Waals surface area contributed by atoms with Crippen molar-refractivity contribution in [3.05, 3.63) is 68.5 Å². The second-order valence-electron chi connectivity index (χ2n) is 5.24. The van der Waals surface area contributed by atoms with Gasteiger partial charge in [0.05, 0.1) is 18.2 Å². The van der Waals surface area contributed by atoms with Crippen molar-refractivity contribution in [3.63, 3.8) is 0 Å². The summed E-state index contributed by atoms with van der Waals surface area (Å²) in [7, 11) is 4.14. The van der Waals surface area contributed by atoms with Crippen molar-refractivity contribution < 1.29 is 14.3 Å². The molecule has 0 aliphatic carbocycles. The summed E-state index contributed by atoms with van der Waals surface area (Å²) in [5.41, 5.74) is -0.0451. The Kier molecular flexibility index (Phi) is 5.33. The zero-order chi connectivity index (χ0) is 18.6. The van der Waals surface area contributed by atoms with Gasteiger partial charge in [0.25, 0.3) is 5.56 Å². The van der Waals surface area contributed by atoms with Gasteiger partial charge in [-0.05, 0) is 24.3 Å². The van der Waals surface area contributed by atoms with Gasteiger partial charge in [0.2, 0.25) is 5.91 Å². The van der Waals surface area contributed by atoms with E-state index in [1.54, 1.807) is 18.2 Å². The van der Waals surface area contributed by atoms with Gasteiger partial charge >= 0.3 is 11.7 Å². The molecule has 0 aliphatic heterocycles. The van der Waals surface area contributed by atoms with Crippen molar-refractivity contribution in [2.45, 2.75) is 0 Å². The predicted molar refractivity (Wildman–Crippen MR) is 92.4 cm³/mol. The van der Waals surface area contributed by atoms with Crippen LogP contribution in [0.5, 0.6) is 0 Å². The first-order chi connectivity index (χ1) is 11.8. The van der Waals surface area contributed by atoms with Crippen LogP contribution in [0, 0.1) is 0 Å². The van der Waals surface area contributed by atoms with E-state index in [1.165, 1.54) is 50.2 Å². The maximum absolute atomic E-state index is 12.0. The molecule has 0 atom stereocenters. The van der Waals surface area contributed by atoms with E-state index in [0.29, 0.717) is 11.3 Å². The van der Waals surface area contributed by atoms with Gasteiger partial charge in [0, 0.05) is 32.1 Å². The molecule has 1 aromatic carbocycles. The fourth-order valence-corrected chi connectivity index (χ4v) is 2.14. The van der Waals surface area contributed by atoms with Crippen molar-refractivity contribution in [1.29, 1.82) is 0 Å². The first kappa shape index (κ1) is 17.9. The molecular weight excluding hydrogens is 326 g/mol. The fraction of sp³-hybridized carbons (Fsp3) is 0.176. The Bertz CT molecular complexity index is 969. The predicted octanol–water partition coefficient (Wildman–Crippen LogP) is 0.522. The molecule has 1 aromatic heterocycles. The lowest BCUT2D eigenvalue weighted by molar-refractivity contribution is -0.111. The SMILES string of the molecule is COC(=O)c1cccc(NC(=O)/C=C/c2cn(C)c(=O)n(C)c2=O)c1. The summed E-state index contributed by atoms with van der Waals surface area (Å²) in [6.45, 7) is 0. The lowest BCUT2D eigenvalue weighted by Gasteiger charge is -2.05. The van der Waals surface area contributed by atoms with Crippen LogP contribution >= 0.6 is 0 Å². The number of nitrogens with zero attached hydrogens (tertiary/aromatic N) is 2. The van der Waals surface area contributed by atoms with Crippen LogP contribution in [0.3, 0.4) is 0 Å². The molecule has 8 nitrogen and oxygen atoms in total. The van der Waals surface area contributed by atoms with Gasteiger partial charge < -0.3 is 14.6 Å². The van der Waals surface area contributed by atoms with Gasteiger partial charge in [-0.15, -0.1) is 0 Å². The molecule has 130 valence electrons. The summed E-state index contributed by atoms with van der Waals surface area (Å²) in [6.07, 6.45) is 3.85. The number of ether oxygens (including phenoxy) is 1. The second kappa shape index (κ2) is 7.43. The van der Waals surface area contributed by atoms with Gasteiger partial charge in [-0.2, -0.15) is 0 Å². The standard InChI is InChI=1S/C17H17N3O5/c1-19-10-12(15(22)20(2)17(19)24)7-8-14(21)18-13-6-4-5-11(9-13)16(23)25-3/h4-10H,1-3H3,(H,18,21)/b8-7+. The van der Waals surface area contributed by atoms with E-state index < -0.39 is 23.1 Å². The van der Waals surface area contributed by atoms with Crippen LogP contribution < -0.4 is 16.6 Å². The number of rotatable bonds is 4. The summed E-state index contributed by atoms with van der Waals surface area (Å²) >= 11 is 0. The molecule has 1 N–H and O–H groups in total. The molecule has 0 radical (unpaired) electrons. The van der Waals surface area contributed by atoms with Crippen LogP contribution in [0.4, 0.5) is 5.69 Å². The Hall–Kier alpha value is -3.42. The molecule has 0 unspecified atom stereocenters. The molecule has 1 heterocycles. The first-order valence-electron chi connectivity index (χ1n) is 7.27. The number of aromatic nitrogens is 2. The van der Waals surface area contributed by atoms with Crippen molar-refractivity contribution in [3.8, 4) is 0 Å². The van der Waals surface area contributed by atoms with E-state index in [0.717, 1.165) is 4.57 Å². The Morgan fingerprint density at radius 1 is 1.20 bits per heavy atom. The molecule has 0 bridgehead atoms. The van der Waals surface area contributed by atoms with Crippen LogP contribution in [0.15, 0.2) is 46.1 Å². The third-order valence-corrected chi connectivity index (χ3v) is 3.44.